The Labute approximate surface area is 187 Å². The topological polar surface area (TPSA) is 76.2 Å². The van der Waals surface area contributed by atoms with Crippen LogP contribution in [0.1, 0.15) is 19.7 Å². The highest BCUT2D eigenvalue weighted by Gasteiger charge is 2.41. The second-order valence-electron chi connectivity index (χ2n) is 7.98. The van der Waals surface area contributed by atoms with Crippen LogP contribution in [0.3, 0.4) is 0 Å². The molecule has 168 valence electrons. The van der Waals surface area contributed by atoms with Crippen LogP contribution in [0.5, 0.6) is 0 Å². The fourth-order valence-electron chi connectivity index (χ4n) is 3.97. The zero-order valence-electron chi connectivity index (χ0n) is 17.4. The van der Waals surface area contributed by atoms with Gasteiger partial charge in [-0.2, -0.15) is 0 Å². The fourth-order valence-corrected chi connectivity index (χ4v) is 4.08. The molecule has 0 unspecified atom stereocenters. The molecule has 2 aromatic carbocycles. The number of imidazole rings is 1. The van der Waals surface area contributed by atoms with Crippen molar-refractivity contribution in [3.8, 4) is 11.3 Å². The summed E-state index contributed by atoms with van der Waals surface area (Å²) < 4.78 is 43.4. The summed E-state index contributed by atoms with van der Waals surface area (Å²) in [6, 6.07) is 7.72. The van der Waals surface area contributed by atoms with E-state index in [-0.39, 0.29) is 17.5 Å². The van der Waals surface area contributed by atoms with E-state index in [2.05, 4.69) is 5.32 Å². The van der Waals surface area contributed by atoms with Gasteiger partial charge in [-0.3, -0.25) is 4.79 Å². The minimum absolute atomic E-state index is 0.0243. The van der Waals surface area contributed by atoms with Gasteiger partial charge in [0.1, 0.15) is 23.2 Å². The summed E-state index contributed by atoms with van der Waals surface area (Å²) >= 11 is 5.79. The van der Waals surface area contributed by atoms with Crippen molar-refractivity contribution in [3.63, 3.8) is 0 Å². The lowest BCUT2D eigenvalue weighted by molar-refractivity contribution is -0.137. The summed E-state index contributed by atoms with van der Waals surface area (Å²) in [6.45, 7) is 4.26. The first-order valence-corrected chi connectivity index (χ1v) is 10.3. The lowest BCUT2D eigenvalue weighted by Gasteiger charge is -2.42. The van der Waals surface area contributed by atoms with Crippen molar-refractivity contribution in [1.29, 1.82) is 0 Å². The minimum atomic E-state index is -1.02. The third-order valence-corrected chi connectivity index (χ3v) is 5.89. The molecule has 0 spiro atoms. The molecule has 0 bridgehead atoms. The van der Waals surface area contributed by atoms with Gasteiger partial charge >= 0.3 is 0 Å². The first-order valence-electron chi connectivity index (χ1n) is 9.92. The molecule has 3 N–H and O–H groups in total. The van der Waals surface area contributed by atoms with Crippen molar-refractivity contribution in [2.45, 2.75) is 25.9 Å². The number of nitrogens with two attached hydrogens (primary N) is 1. The molecule has 4 rings (SSSR count). The number of fused-ring (bicyclic) bond motifs is 1. The maximum atomic E-state index is 14.0. The number of benzene rings is 2. The van der Waals surface area contributed by atoms with Gasteiger partial charge in [0, 0.05) is 24.3 Å². The maximum absolute atomic E-state index is 14.0. The average molecular weight is 464 g/mol. The number of carbonyl (C=O) groups is 1. The number of carbonyl (C=O) groups excluding carboxylic acids is 1. The van der Waals surface area contributed by atoms with Crippen LogP contribution in [0.25, 0.3) is 11.3 Å². The monoisotopic (exact) mass is 463 g/mol. The maximum Gasteiger partial charge on any atom is 0.237 e. The standard InChI is InChI=1S/C22H21ClF3N5O/c1-22(2)21-29-19(12-3-6-15(24)17(26)9-12)20(28-13-4-5-14(23)16(25)10-13)30(21)7-8-31(22)18(32)11-27/h3-6,9-10,28H,7-8,11,27H2,1-2H3. The molecule has 0 aliphatic carbocycles. The van der Waals surface area contributed by atoms with Crippen molar-refractivity contribution in [2.24, 2.45) is 5.73 Å². The number of halogens is 4. The van der Waals surface area contributed by atoms with Crippen LogP contribution in [0.4, 0.5) is 24.7 Å². The van der Waals surface area contributed by atoms with E-state index < -0.39 is 23.0 Å². The van der Waals surface area contributed by atoms with E-state index in [9.17, 15) is 18.0 Å². The highest BCUT2D eigenvalue weighted by molar-refractivity contribution is 6.30. The molecule has 0 fully saturated rings. The SMILES string of the molecule is CC1(C)c2nc(-c3ccc(F)c(F)c3)c(Nc3ccc(Cl)c(F)c3)n2CCN1C(=O)CN. The Hall–Kier alpha value is -3.04. The molecule has 1 amide bonds. The van der Waals surface area contributed by atoms with Gasteiger partial charge in [-0.15, -0.1) is 0 Å². The molecule has 1 aliphatic rings. The van der Waals surface area contributed by atoms with Gasteiger partial charge < -0.3 is 20.5 Å². The van der Waals surface area contributed by atoms with Gasteiger partial charge in [0.15, 0.2) is 11.6 Å². The van der Waals surface area contributed by atoms with E-state index in [1.807, 2.05) is 18.4 Å². The smallest absolute Gasteiger partial charge is 0.237 e. The second kappa shape index (κ2) is 8.14. The molecule has 0 saturated heterocycles. The highest BCUT2D eigenvalue weighted by Crippen LogP contribution is 2.40. The predicted octanol–water partition coefficient (Wildman–Crippen LogP) is 4.40. The van der Waals surface area contributed by atoms with E-state index in [4.69, 9.17) is 22.3 Å². The average Bonchev–Trinajstić information content (AvgIpc) is 3.12. The Kier molecular flexibility index (Phi) is 5.64. The molecule has 3 aromatic rings. The number of hydrogen-bond acceptors (Lipinski definition) is 4. The molecule has 0 atom stereocenters. The van der Waals surface area contributed by atoms with Gasteiger partial charge in [-0.05, 0) is 50.2 Å². The fraction of sp³-hybridized carbons (Fsp3) is 0.273. The first kappa shape index (κ1) is 22.2. The summed E-state index contributed by atoms with van der Waals surface area (Å²) in [5, 5.41) is 3.11. The molecule has 32 heavy (non-hydrogen) atoms. The van der Waals surface area contributed by atoms with Crippen LogP contribution in [-0.2, 0) is 16.9 Å². The number of hydrogen-bond donors (Lipinski definition) is 2. The number of aromatic nitrogens is 2. The van der Waals surface area contributed by atoms with Crippen LogP contribution in [0.15, 0.2) is 36.4 Å². The third kappa shape index (κ3) is 3.71. The Morgan fingerprint density at radius 2 is 1.88 bits per heavy atom. The molecule has 6 nitrogen and oxygen atoms in total. The van der Waals surface area contributed by atoms with Crippen LogP contribution in [-0.4, -0.2) is 33.4 Å². The summed E-state index contributed by atoms with van der Waals surface area (Å²) in [5.41, 5.74) is 5.82. The second-order valence-corrected chi connectivity index (χ2v) is 8.38. The largest absolute Gasteiger partial charge is 0.340 e. The minimum Gasteiger partial charge on any atom is -0.340 e. The normalized spacial score (nSPS) is 14.9. The van der Waals surface area contributed by atoms with Crippen molar-refractivity contribution in [3.05, 3.63) is 64.7 Å². The predicted molar refractivity (Wildman–Crippen MR) is 116 cm³/mol. The molecule has 0 radical (unpaired) electrons. The van der Waals surface area contributed by atoms with Gasteiger partial charge in [-0.25, -0.2) is 18.2 Å². The third-order valence-electron chi connectivity index (χ3n) is 5.59. The number of nitrogens with one attached hydrogen (secondary N) is 1. The van der Waals surface area contributed by atoms with E-state index in [0.29, 0.717) is 41.7 Å². The zero-order valence-corrected chi connectivity index (χ0v) is 18.2. The Morgan fingerprint density at radius 3 is 2.53 bits per heavy atom. The van der Waals surface area contributed by atoms with Crippen molar-refractivity contribution in [1.82, 2.24) is 14.5 Å². The Balaban J connectivity index is 1.89. The highest BCUT2D eigenvalue weighted by atomic mass is 35.5. The molecule has 1 aromatic heterocycles. The van der Waals surface area contributed by atoms with E-state index in [0.717, 1.165) is 12.1 Å². The summed E-state index contributed by atoms with van der Waals surface area (Å²) in [5.74, 6) is -1.84. The molecular weight excluding hydrogens is 443 g/mol. The van der Waals surface area contributed by atoms with Gasteiger partial charge in [-0.1, -0.05) is 11.6 Å². The Bertz CT molecular complexity index is 1210. The van der Waals surface area contributed by atoms with Crippen molar-refractivity contribution < 1.29 is 18.0 Å². The molecule has 10 heteroatoms. The lowest BCUT2D eigenvalue weighted by Crippen LogP contribution is -2.53. The number of nitrogens with zero attached hydrogens (tertiary/aromatic N) is 3. The zero-order chi connectivity index (χ0) is 23.2. The lowest BCUT2D eigenvalue weighted by atomic mass is 9.99. The molecule has 0 saturated carbocycles. The summed E-state index contributed by atoms with van der Waals surface area (Å²) in [7, 11) is 0. The number of anilines is 2. The van der Waals surface area contributed by atoms with Crippen molar-refractivity contribution >= 4 is 29.0 Å². The summed E-state index contributed by atoms with van der Waals surface area (Å²) in [6.07, 6.45) is 0. The molecule has 2 heterocycles. The van der Waals surface area contributed by atoms with E-state index in [1.165, 1.54) is 18.2 Å². The van der Waals surface area contributed by atoms with Crippen molar-refractivity contribution in [2.75, 3.05) is 18.4 Å². The first-order chi connectivity index (χ1) is 15.1. The molecule has 1 aliphatic heterocycles. The van der Waals surface area contributed by atoms with Crippen LogP contribution in [0.2, 0.25) is 5.02 Å². The van der Waals surface area contributed by atoms with Gasteiger partial charge in [0.25, 0.3) is 0 Å². The quantitative estimate of drug-likeness (QED) is 0.601. The van der Waals surface area contributed by atoms with Crippen LogP contribution < -0.4 is 11.1 Å². The van der Waals surface area contributed by atoms with Gasteiger partial charge in [0.2, 0.25) is 5.91 Å². The van der Waals surface area contributed by atoms with Crippen LogP contribution in [0, 0.1) is 17.5 Å². The van der Waals surface area contributed by atoms with Crippen LogP contribution >= 0.6 is 11.6 Å². The molecular formula is C22H21ClF3N5O. The van der Waals surface area contributed by atoms with E-state index >= 15 is 0 Å². The van der Waals surface area contributed by atoms with Gasteiger partial charge in [0.05, 0.1) is 17.1 Å². The Morgan fingerprint density at radius 1 is 1.12 bits per heavy atom. The number of amides is 1. The van der Waals surface area contributed by atoms with E-state index in [1.54, 1.807) is 11.0 Å². The summed E-state index contributed by atoms with van der Waals surface area (Å²) in [4.78, 5) is 18.7. The number of rotatable bonds is 4.